The summed E-state index contributed by atoms with van der Waals surface area (Å²) >= 11 is 0. The Hall–Kier alpha value is -1.18. The number of carbonyl (C=O) groups excluding carboxylic acids is 2. The minimum Gasteiger partial charge on any atom is -0.466 e. The van der Waals surface area contributed by atoms with Crippen molar-refractivity contribution >= 4 is 11.9 Å². The molecule has 0 aliphatic rings. The van der Waals surface area contributed by atoms with Crippen LogP contribution in [-0.4, -0.2) is 52.5 Å². The van der Waals surface area contributed by atoms with Gasteiger partial charge < -0.3 is 23.7 Å². The first-order valence-electron chi connectivity index (χ1n) is 5.54. The van der Waals surface area contributed by atoms with E-state index in [4.69, 9.17) is 18.9 Å². The van der Waals surface area contributed by atoms with Crippen LogP contribution in [0.3, 0.4) is 0 Å². The molecule has 7 nitrogen and oxygen atoms in total. The third-order valence-electron chi connectivity index (χ3n) is 1.85. The molecule has 0 saturated carbocycles. The van der Waals surface area contributed by atoms with E-state index in [9.17, 15) is 9.59 Å². The van der Waals surface area contributed by atoms with E-state index in [2.05, 4.69) is 4.74 Å². The van der Waals surface area contributed by atoms with Gasteiger partial charge in [0.25, 0.3) is 0 Å². The van der Waals surface area contributed by atoms with Gasteiger partial charge in [-0.2, -0.15) is 0 Å². The van der Waals surface area contributed by atoms with Crippen molar-refractivity contribution in [3.63, 3.8) is 0 Å². The van der Waals surface area contributed by atoms with Gasteiger partial charge in [-0.05, 0) is 6.92 Å². The Morgan fingerprint density at radius 2 is 1.50 bits per heavy atom. The number of esters is 2. The van der Waals surface area contributed by atoms with Gasteiger partial charge in [0.15, 0.2) is 6.79 Å². The molecule has 0 fully saturated rings. The van der Waals surface area contributed by atoms with Crippen LogP contribution in [0, 0.1) is 0 Å². The monoisotopic (exact) mass is 264 g/mol. The van der Waals surface area contributed by atoms with Crippen molar-refractivity contribution in [2.24, 2.45) is 0 Å². The Morgan fingerprint density at radius 3 is 2.00 bits per heavy atom. The fraction of sp³-hybridized carbons (Fsp3) is 0.818. The van der Waals surface area contributed by atoms with Crippen LogP contribution in [0.2, 0.25) is 0 Å². The Morgan fingerprint density at radius 1 is 0.944 bits per heavy atom. The minimum absolute atomic E-state index is 0.0123. The average molecular weight is 264 g/mol. The average Bonchev–Trinajstić information content (AvgIpc) is 2.33. The molecule has 1 atom stereocenters. The molecule has 18 heavy (non-hydrogen) atoms. The molecule has 0 aliphatic heterocycles. The van der Waals surface area contributed by atoms with E-state index < -0.39 is 18.0 Å². The molecule has 0 unspecified atom stereocenters. The predicted octanol–water partition coefficient (Wildman–Crippen LogP) is 0.466. The van der Waals surface area contributed by atoms with Gasteiger partial charge in [0.05, 0.1) is 25.6 Å². The zero-order valence-electron chi connectivity index (χ0n) is 11.0. The first-order valence-corrected chi connectivity index (χ1v) is 5.54. The molecular formula is C11H20O7. The Kier molecular flexibility index (Phi) is 10.2. The molecule has 0 aliphatic carbocycles. The second-order valence-corrected chi connectivity index (χ2v) is 3.33. The Labute approximate surface area is 106 Å². The fourth-order valence-electron chi connectivity index (χ4n) is 1.13. The maximum absolute atomic E-state index is 11.3. The molecule has 0 saturated heterocycles. The third-order valence-corrected chi connectivity index (χ3v) is 1.85. The summed E-state index contributed by atoms with van der Waals surface area (Å²) in [6, 6.07) is 0. The van der Waals surface area contributed by atoms with Gasteiger partial charge in [0.2, 0.25) is 0 Å². The summed E-state index contributed by atoms with van der Waals surface area (Å²) in [6.45, 7) is 1.84. The molecule has 0 bridgehead atoms. The van der Waals surface area contributed by atoms with Crippen LogP contribution in [0.5, 0.6) is 0 Å². The van der Waals surface area contributed by atoms with Gasteiger partial charge in [0.1, 0.15) is 6.79 Å². The van der Waals surface area contributed by atoms with Crippen LogP contribution in [0.4, 0.5) is 0 Å². The van der Waals surface area contributed by atoms with E-state index in [-0.39, 0.29) is 33.0 Å². The lowest BCUT2D eigenvalue weighted by molar-refractivity contribution is -0.162. The van der Waals surface area contributed by atoms with E-state index in [1.807, 2.05) is 0 Å². The predicted molar refractivity (Wildman–Crippen MR) is 60.6 cm³/mol. The summed E-state index contributed by atoms with van der Waals surface area (Å²) in [5.74, 6) is -0.944. The van der Waals surface area contributed by atoms with Crippen molar-refractivity contribution in [1.82, 2.24) is 0 Å². The van der Waals surface area contributed by atoms with E-state index in [0.717, 1.165) is 0 Å². The van der Waals surface area contributed by atoms with Crippen LogP contribution < -0.4 is 0 Å². The first-order chi connectivity index (χ1) is 8.63. The number of carbonyl (C=O) groups is 2. The number of rotatable bonds is 10. The van der Waals surface area contributed by atoms with Gasteiger partial charge in [0, 0.05) is 14.2 Å². The van der Waals surface area contributed by atoms with Crippen LogP contribution in [0.25, 0.3) is 0 Å². The third kappa shape index (κ3) is 8.91. The standard InChI is InChI=1S/C11H20O7/c1-4-16-10(12)5-9(17-7-14-2)6-11(13)18-8-15-3/h9H,4-8H2,1-3H3/t9-/m1/s1. The molecule has 0 aromatic rings. The summed E-state index contributed by atoms with van der Waals surface area (Å²) < 4.78 is 24.0. The molecule has 0 N–H and O–H groups in total. The summed E-state index contributed by atoms with van der Waals surface area (Å²) in [7, 11) is 2.86. The lowest BCUT2D eigenvalue weighted by Crippen LogP contribution is -2.25. The molecule has 7 heteroatoms. The molecular weight excluding hydrogens is 244 g/mol. The fourth-order valence-corrected chi connectivity index (χ4v) is 1.13. The van der Waals surface area contributed by atoms with Gasteiger partial charge in [-0.15, -0.1) is 0 Å². The van der Waals surface area contributed by atoms with Gasteiger partial charge in [-0.1, -0.05) is 0 Å². The molecule has 0 radical (unpaired) electrons. The van der Waals surface area contributed by atoms with Crippen molar-refractivity contribution in [1.29, 1.82) is 0 Å². The van der Waals surface area contributed by atoms with Crippen LogP contribution in [0.15, 0.2) is 0 Å². The van der Waals surface area contributed by atoms with Crippen LogP contribution in [0.1, 0.15) is 19.8 Å². The van der Waals surface area contributed by atoms with Crippen molar-refractivity contribution in [2.45, 2.75) is 25.9 Å². The number of hydrogen-bond acceptors (Lipinski definition) is 7. The topological polar surface area (TPSA) is 80.3 Å². The van der Waals surface area contributed by atoms with Crippen molar-refractivity contribution in [3.05, 3.63) is 0 Å². The van der Waals surface area contributed by atoms with Crippen molar-refractivity contribution in [3.8, 4) is 0 Å². The summed E-state index contributed by atoms with van der Waals surface area (Å²) in [5.41, 5.74) is 0. The molecule has 0 heterocycles. The van der Waals surface area contributed by atoms with Crippen molar-refractivity contribution < 1.29 is 33.3 Å². The normalized spacial score (nSPS) is 11.9. The highest BCUT2D eigenvalue weighted by atomic mass is 16.7. The van der Waals surface area contributed by atoms with Crippen molar-refractivity contribution in [2.75, 3.05) is 34.4 Å². The highest BCUT2D eigenvalue weighted by Crippen LogP contribution is 2.07. The number of ether oxygens (including phenoxy) is 5. The lowest BCUT2D eigenvalue weighted by Gasteiger charge is -2.15. The number of hydrogen-bond donors (Lipinski definition) is 0. The van der Waals surface area contributed by atoms with Gasteiger partial charge in [-0.3, -0.25) is 9.59 Å². The molecule has 0 rings (SSSR count). The quantitative estimate of drug-likeness (QED) is 0.419. The van der Waals surface area contributed by atoms with Gasteiger partial charge in [-0.25, -0.2) is 0 Å². The Balaban J connectivity index is 4.12. The van der Waals surface area contributed by atoms with E-state index in [0.29, 0.717) is 0 Å². The molecule has 0 aromatic heterocycles. The largest absolute Gasteiger partial charge is 0.466 e. The maximum atomic E-state index is 11.3. The molecule has 0 amide bonds. The molecule has 106 valence electrons. The van der Waals surface area contributed by atoms with E-state index in [1.54, 1.807) is 6.92 Å². The first kappa shape index (κ1) is 16.8. The summed E-state index contributed by atoms with van der Waals surface area (Å²) in [6.07, 6.45) is -0.724. The second-order valence-electron chi connectivity index (χ2n) is 3.33. The zero-order valence-corrected chi connectivity index (χ0v) is 11.0. The zero-order chi connectivity index (χ0) is 13.8. The van der Waals surface area contributed by atoms with Gasteiger partial charge >= 0.3 is 11.9 Å². The van der Waals surface area contributed by atoms with Crippen LogP contribution in [-0.2, 0) is 33.3 Å². The van der Waals surface area contributed by atoms with E-state index in [1.165, 1.54) is 14.2 Å². The summed E-state index contributed by atoms with van der Waals surface area (Å²) in [4.78, 5) is 22.6. The summed E-state index contributed by atoms with van der Waals surface area (Å²) in [5, 5.41) is 0. The Bertz CT molecular complexity index is 242. The van der Waals surface area contributed by atoms with E-state index >= 15 is 0 Å². The second kappa shape index (κ2) is 10.9. The SMILES string of the molecule is CCOC(=O)C[C@H](CC(=O)OCOC)OCOC. The molecule has 0 aromatic carbocycles. The number of methoxy groups -OCH3 is 2. The van der Waals surface area contributed by atoms with Crippen LogP contribution >= 0.6 is 0 Å². The molecule has 0 spiro atoms. The highest BCUT2D eigenvalue weighted by molar-refractivity contribution is 5.73. The maximum Gasteiger partial charge on any atom is 0.310 e. The highest BCUT2D eigenvalue weighted by Gasteiger charge is 2.20. The smallest absolute Gasteiger partial charge is 0.310 e. The minimum atomic E-state index is -0.631. The lowest BCUT2D eigenvalue weighted by atomic mass is 10.2.